The van der Waals surface area contributed by atoms with E-state index < -0.39 is 0 Å². The van der Waals surface area contributed by atoms with Crippen molar-refractivity contribution < 1.29 is 14.3 Å². The number of rotatable bonds is 6. The maximum Gasteiger partial charge on any atom is 0.319 e. The van der Waals surface area contributed by atoms with Crippen LogP contribution in [0, 0.1) is 11.8 Å². The Morgan fingerprint density at radius 1 is 1.38 bits per heavy atom. The van der Waals surface area contributed by atoms with Crippen molar-refractivity contribution in [2.45, 2.75) is 20.3 Å². The summed E-state index contributed by atoms with van der Waals surface area (Å²) in [6.07, 6.45) is 1.02. The Morgan fingerprint density at radius 3 is 2.76 bits per heavy atom. The van der Waals surface area contributed by atoms with Gasteiger partial charge in [-0.2, -0.15) is 0 Å². The van der Waals surface area contributed by atoms with Gasteiger partial charge in [-0.1, -0.05) is 13.8 Å². The summed E-state index contributed by atoms with van der Waals surface area (Å²) in [7, 11) is 0. The van der Waals surface area contributed by atoms with E-state index in [4.69, 9.17) is 9.47 Å². The van der Waals surface area contributed by atoms with Crippen LogP contribution < -0.4 is 15.4 Å². The standard InChI is InChI=1S/C16H24N2O3/c1-12(2)10-21-15-5-3-14(4-6-15)18-16(19)17-9-13-7-8-20-11-13/h3-6,12-13H,7-11H2,1-2H3,(H2,17,18,19). The second-order valence-corrected chi connectivity index (χ2v) is 5.79. The van der Waals surface area contributed by atoms with Crippen LogP contribution in [0.5, 0.6) is 5.75 Å². The van der Waals surface area contributed by atoms with Gasteiger partial charge in [0.15, 0.2) is 0 Å². The molecule has 1 fully saturated rings. The van der Waals surface area contributed by atoms with E-state index in [0.29, 0.717) is 25.0 Å². The molecule has 116 valence electrons. The third kappa shape index (κ3) is 5.63. The number of anilines is 1. The molecule has 1 aromatic rings. The molecular formula is C16H24N2O3. The van der Waals surface area contributed by atoms with Gasteiger partial charge in [-0.25, -0.2) is 4.79 Å². The lowest BCUT2D eigenvalue weighted by atomic mass is 10.1. The Hall–Kier alpha value is -1.75. The second kappa shape index (κ2) is 7.88. The molecule has 21 heavy (non-hydrogen) atoms. The number of hydrogen-bond donors (Lipinski definition) is 2. The normalized spacial score (nSPS) is 17.8. The fourth-order valence-electron chi connectivity index (χ4n) is 2.05. The number of nitrogens with one attached hydrogen (secondary N) is 2. The maximum atomic E-state index is 11.8. The highest BCUT2D eigenvalue weighted by Gasteiger charge is 2.16. The lowest BCUT2D eigenvalue weighted by molar-refractivity contribution is 0.185. The molecule has 0 aliphatic carbocycles. The summed E-state index contributed by atoms with van der Waals surface area (Å²) in [4.78, 5) is 11.8. The van der Waals surface area contributed by atoms with E-state index in [1.165, 1.54) is 0 Å². The molecule has 5 nitrogen and oxygen atoms in total. The van der Waals surface area contributed by atoms with Crippen LogP contribution in [0.4, 0.5) is 10.5 Å². The van der Waals surface area contributed by atoms with Gasteiger partial charge in [-0.3, -0.25) is 0 Å². The molecule has 1 aliphatic rings. The number of urea groups is 1. The smallest absolute Gasteiger partial charge is 0.319 e. The van der Waals surface area contributed by atoms with Gasteiger partial charge in [-0.15, -0.1) is 0 Å². The third-order valence-electron chi connectivity index (χ3n) is 3.27. The van der Waals surface area contributed by atoms with Gasteiger partial charge in [0.1, 0.15) is 5.75 Å². The highest BCUT2D eigenvalue weighted by atomic mass is 16.5. The average Bonchev–Trinajstić information content (AvgIpc) is 2.98. The van der Waals surface area contributed by atoms with Crippen molar-refractivity contribution in [1.29, 1.82) is 0 Å². The molecule has 1 aromatic carbocycles. The van der Waals surface area contributed by atoms with Crippen LogP contribution in [0.3, 0.4) is 0 Å². The fraction of sp³-hybridized carbons (Fsp3) is 0.562. The summed E-state index contributed by atoms with van der Waals surface area (Å²) < 4.78 is 10.9. The Labute approximate surface area is 126 Å². The number of carbonyl (C=O) groups is 1. The predicted molar refractivity (Wildman–Crippen MR) is 82.7 cm³/mol. The fourth-order valence-corrected chi connectivity index (χ4v) is 2.05. The molecule has 0 bridgehead atoms. The molecule has 1 atom stereocenters. The number of benzene rings is 1. The first-order valence-electron chi connectivity index (χ1n) is 7.49. The summed E-state index contributed by atoms with van der Waals surface area (Å²) in [6, 6.07) is 7.23. The summed E-state index contributed by atoms with van der Waals surface area (Å²) in [5.74, 6) is 1.74. The predicted octanol–water partition coefficient (Wildman–Crippen LogP) is 2.88. The van der Waals surface area contributed by atoms with E-state index in [0.717, 1.165) is 31.1 Å². The van der Waals surface area contributed by atoms with Crippen LogP contribution in [-0.2, 0) is 4.74 Å². The molecule has 0 saturated carbocycles. The van der Waals surface area contributed by atoms with E-state index in [2.05, 4.69) is 24.5 Å². The van der Waals surface area contributed by atoms with Crippen molar-refractivity contribution in [1.82, 2.24) is 5.32 Å². The minimum absolute atomic E-state index is 0.183. The van der Waals surface area contributed by atoms with Crippen molar-refractivity contribution in [3.05, 3.63) is 24.3 Å². The number of carbonyl (C=O) groups excluding carboxylic acids is 1. The molecule has 5 heteroatoms. The molecular weight excluding hydrogens is 268 g/mol. The topological polar surface area (TPSA) is 59.6 Å². The van der Waals surface area contributed by atoms with Gasteiger partial charge in [0, 0.05) is 24.8 Å². The summed E-state index contributed by atoms with van der Waals surface area (Å²) in [5, 5.41) is 5.68. The number of ether oxygens (including phenoxy) is 2. The van der Waals surface area contributed by atoms with Crippen molar-refractivity contribution in [2.75, 3.05) is 31.7 Å². The van der Waals surface area contributed by atoms with Gasteiger partial charge >= 0.3 is 6.03 Å². The van der Waals surface area contributed by atoms with Crippen molar-refractivity contribution in [2.24, 2.45) is 11.8 Å². The third-order valence-corrected chi connectivity index (χ3v) is 3.27. The van der Waals surface area contributed by atoms with Crippen LogP contribution in [0.2, 0.25) is 0 Å². The Morgan fingerprint density at radius 2 is 2.14 bits per heavy atom. The Balaban J connectivity index is 1.72. The molecule has 1 heterocycles. The maximum absolute atomic E-state index is 11.8. The zero-order valence-corrected chi connectivity index (χ0v) is 12.7. The Kier molecular flexibility index (Phi) is 5.87. The molecule has 0 radical (unpaired) electrons. The molecule has 0 spiro atoms. The van der Waals surface area contributed by atoms with Gasteiger partial charge in [0.2, 0.25) is 0 Å². The van der Waals surface area contributed by atoms with Crippen molar-refractivity contribution >= 4 is 11.7 Å². The number of amides is 2. The van der Waals surface area contributed by atoms with Crippen LogP contribution in [0.25, 0.3) is 0 Å². The van der Waals surface area contributed by atoms with Crippen LogP contribution in [-0.4, -0.2) is 32.4 Å². The van der Waals surface area contributed by atoms with Gasteiger partial charge in [0.25, 0.3) is 0 Å². The lowest BCUT2D eigenvalue weighted by Gasteiger charge is -2.12. The SMILES string of the molecule is CC(C)COc1ccc(NC(=O)NCC2CCOC2)cc1. The molecule has 2 amide bonds. The quantitative estimate of drug-likeness (QED) is 0.847. The first-order chi connectivity index (χ1) is 10.1. The van der Waals surface area contributed by atoms with Crippen LogP contribution in [0.1, 0.15) is 20.3 Å². The van der Waals surface area contributed by atoms with Crippen molar-refractivity contribution in [3.63, 3.8) is 0 Å². The summed E-state index contributed by atoms with van der Waals surface area (Å²) >= 11 is 0. The van der Waals surface area contributed by atoms with E-state index >= 15 is 0 Å². The monoisotopic (exact) mass is 292 g/mol. The van der Waals surface area contributed by atoms with E-state index in [1.807, 2.05) is 24.3 Å². The average molecular weight is 292 g/mol. The van der Waals surface area contributed by atoms with Crippen LogP contribution in [0.15, 0.2) is 24.3 Å². The molecule has 1 unspecified atom stereocenters. The van der Waals surface area contributed by atoms with Gasteiger partial charge < -0.3 is 20.1 Å². The molecule has 2 N–H and O–H groups in total. The van der Waals surface area contributed by atoms with E-state index in [-0.39, 0.29) is 6.03 Å². The first-order valence-corrected chi connectivity index (χ1v) is 7.49. The minimum atomic E-state index is -0.183. The van der Waals surface area contributed by atoms with Gasteiger partial charge in [0.05, 0.1) is 13.2 Å². The second-order valence-electron chi connectivity index (χ2n) is 5.79. The molecule has 2 rings (SSSR count). The van der Waals surface area contributed by atoms with Crippen molar-refractivity contribution in [3.8, 4) is 5.75 Å². The molecule has 0 aromatic heterocycles. The number of hydrogen-bond acceptors (Lipinski definition) is 3. The van der Waals surface area contributed by atoms with E-state index in [1.54, 1.807) is 0 Å². The molecule has 1 saturated heterocycles. The van der Waals surface area contributed by atoms with Gasteiger partial charge in [-0.05, 0) is 36.6 Å². The minimum Gasteiger partial charge on any atom is -0.493 e. The Bertz CT molecular complexity index is 439. The zero-order chi connectivity index (χ0) is 15.1. The first kappa shape index (κ1) is 15.6. The zero-order valence-electron chi connectivity index (χ0n) is 12.7. The van der Waals surface area contributed by atoms with Crippen LogP contribution >= 0.6 is 0 Å². The summed E-state index contributed by atoms with van der Waals surface area (Å²) in [5.41, 5.74) is 0.757. The van der Waals surface area contributed by atoms with E-state index in [9.17, 15) is 4.79 Å². The largest absolute Gasteiger partial charge is 0.493 e. The highest BCUT2D eigenvalue weighted by molar-refractivity contribution is 5.89. The summed E-state index contributed by atoms with van der Waals surface area (Å²) in [6.45, 7) is 7.09. The molecule has 1 aliphatic heterocycles. The highest BCUT2D eigenvalue weighted by Crippen LogP contribution is 2.16. The lowest BCUT2D eigenvalue weighted by Crippen LogP contribution is -2.33.